The number of benzene rings is 2. The highest BCUT2D eigenvalue weighted by Crippen LogP contribution is 2.56. The lowest BCUT2D eigenvalue weighted by molar-refractivity contribution is 0.0950. The number of nitrogens with two attached hydrogens (primary N) is 1. The van der Waals surface area contributed by atoms with Crippen molar-refractivity contribution in [1.29, 1.82) is 0 Å². The topological polar surface area (TPSA) is 84.2 Å². The summed E-state index contributed by atoms with van der Waals surface area (Å²) in [6, 6.07) is 7.74. The molecule has 0 bridgehead atoms. The van der Waals surface area contributed by atoms with Gasteiger partial charge in [0.05, 0.1) is 0 Å². The molecule has 200 valence electrons. The van der Waals surface area contributed by atoms with Gasteiger partial charge in [-0.2, -0.15) is 0 Å². The first-order valence-electron chi connectivity index (χ1n) is 13.7. The van der Waals surface area contributed by atoms with Gasteiger partial charge < -0.3 is 5.32 Å². The summed E-state index contributed by atoms with van der Waals surface area (Å²) >= 11 is 0. The third-order valence-corrected chi connectivity index (χ3v) is 9.25. The summed E-state index contributed by atoms with van der Waals surface area (Å²) in [6.07, 6.45) is 5.01. The number of hydrazine groups is 1. The van der Waals surface area contributed by atoms with E-state index in [1.807, 2.05) is 13.0 Å². The first-order valence-corrected chi connectivity index (χ1v) is 13.7. The molecule has 2 aromatic carbocycles. The SMILES string of the molecule is CCc1cc(C(=O)Nc2c3c(cc4c2C(C)(C)CCC4(C)C)C(C)(C)CCC3(C)C)ccc1C(=O)NN. The van der Waals surface area contributed by atoms with Gasteiger partial charge in [-0.1, -0.05) is 68.4 Å². The van der Waals surface area contributed by atoms with Crippen molar-refractivity contribution in [2.75, 3.05) is 5.32 Å². The number of fused-ring (bicyclic) bond motifs is 2. The third kappa shape index (κ3) is 4.60. The average Bonchev–Trinajstić information content (AvgIpc) is 2.83. The standard InChI is InChI=1S/C32H45N3O2/c1-10-19-17-20(11-12-21(19)28(37)35-33)27(36)34-26-24-22(29(2,3)13-15-31(24,6)7)18-23-25(26)32(8,9)16-14-30(23,4)5/h11-12,17-18H,10,13-16,33H2,1-9H3,(H,34,36)(H,35,37). The molecule has 5 heteroatoms. The summed E-state index contributed by atoms with van der Waals surface area (Å²) in [5.41, 5.74) is 10.3. The van der Waals surface area contributed by atoms with Crippen LogP contribution in [0, 0.1) is 0 Å². The number of carbonyl (C=O) groups excluding carboxylic acids is 2. The van der Waals surface area contributed by atoms with E-state index in [0.29, 0.717) is 17.5 Å². The summed E-state index contributed by atoms with van der Waals surface area (Å²) in [4.78, 5) is 26.1. The number of anilines is 1. The van der Waals surface area contributed by atoms with Crippen LogP contribution in [0.4, 0.5) is 5.69 Å². The van der Waals surface area contributed by atoms with Gasteiger partial charge in [0, 0.05) is 16.8 Å². The van der Waals surface area contributed by atoms with Crippen LogP contribution in [0.25, 0.3) is 0 Å². The van der Waals surface area contributed by atoms with Crippen LogP contribution in [0.3, 0.4) is 0 Å². The van der Waals surface area contributed by atoms with Crippen LogP contribution in [0.2, 0.25) is 0 Å². The van der Waals surface area contributed by atoms with Gasteiger partial charge >= 0.3 is 0 Å². The maximum atomic E-state index is 13.9. The Morgan fingerprint density at radius 1 is 0.757 bits per heavy atom. The predicted molar refractivity (Wildman–Crippen MR) is 152 cm³/mol. The monoisotopic (exact) mass is 503 g/mol. The van der Waals surface area contributed by atoms with Gasteiger partial charge in [0.15, 0.2) is 0 Å². The Hall–Kier alpha value is -2.66. The summed E-state index contributed by atoms with van der Waals surface area (Å²) < 4.78 is 0. The summed E-state index contributed by atoms with van der Waals surface area (Å²) in [5, 5.41) is 3.45. The van der Waals surface area contributed by atoms with E-state index in [-0.39, 0.29) is 33.5 Å². The molecule has 2 aliphatic carbocycles. The lowest BCUT2D eigenvalue weighted by Crippen LogP contribution is -2.41. The first kappa shape index (κ1) is 27.4. The molecular weight excluding hydrogens is 458 g/mol. The molecular formula is C32H45N3O2. The molecule has 0 saturated heterocycles. The van der Waals surface area contributed by atoms with Gasteiger partial charge in [-0.25, -0.2) is 5.84 Å². The highest BCUT2D eigenvalue weighted by molar-refractivity contribution is 6.07. The van der Waals surface area contributed by atoms with Gasteiger partial charge in [0.25, 0.3) is 11.8 Å². The van der Waals surface area contributed by atoms with Crippen LogP contribution in [-0.4, -0.2) is 11.8 Å². The minimum absolute atomic E-state index is 0.0314. The van der Waals surface area contributed by atoms with Crippen LogP contribution >= 0.6 is 0 Å². The molecule has 0 aliphatic heterocycles. The predicted octanol–water partition coefficient (Wildman–Crippen LogP) is 6.80. The Kier molecular flexibility index (Phi) is 6.64. The van der Waals surface area contributed by atoms with Crippen molar-refractivity contribution in [3.8, 4) is 0 Å². The molecule has 2 amide bonds. The largest absolute Gasteiger partial charge is 0.321 e. The number of nitrogen functional groups attached to an aromatic ring is 1. The van der Waals surface area contributed by atoms with Crippen molar-refractivity contribution in [3.63, 3.8) is 0 Å². The van der Waals surface area contributed by atoms with Crippen LogP contribution in [-0.2, 0) is 28.1 Å². The van der Waals surface area contributed by atoms with Gasteiger partial charge in [-0.05, 0) is 99.8 Å². The number of aryl methyl sites for hydroxylation is 1. The van der Waals surface area contributed by atoms with Gasteiger partial charge in [0.1, 0.15) is 0 Å². The normalized spacial score (nSPS) is 20.4. The zero-order valence-electron chi connectivity index (χ0n) is 24.2. The fourth-order valence-electron chi connectivity index (χ4n) is 6.56. The highest BCUT2D eigenvalue weighted by Gasteiger charge is 2.46. The molecule has 0 spiro atoms. The van der Waals surface area contributed by atoms with E-state index >= 15 is 0 Å². The van der Waals surface area contributed by atoms with Gasteiger partial charge in [-0.15, -0.1) is 0 Å². The highest BCUT2D eigenvalue weighted by atomic mass is 16.2. The zero-order chi connectivity index (χ0) is 27.6. The second kappa shape index (κ2) is 8.97. The summed E-state index contributed by atoms with van der Waals surface area (Å²) in [7, 11) is 0. The zero-order valence-corrected chi connectivity index (χ0v) is 24.2. The average molecular weight is 504 g/mol. The second-order valence-electron chi connectivity index (χ2n) is 13.8. The van der Waals surface area contributed by atoms with Gasteiger partial charge in [-0.3, -0.25) is 15.0 Å². The number of hydrogen-bond donors (Lipinski definition) is 3. The third-order valence-electron chi connectivity index (χ3n) is 9.25. The molecule has 37 heavy (non-hydrogen) atoms. The molecule has 0 fully saturated rings. The van der Waals surface area contributed by atoms with E-state index in [1.54, 1.807) is 12.1 Å². The molecule has 0 aromatic heterocycles. The molecule has 4 N–H and O–H groups in total. The first-order chi connectivity index (χ1) is 17.1. The molecule has 4 rings (SSSR count). The molecule has 2 aliphatic rings. The fourth-order valence-corrected chi connectivity index (χ4v) is 6.56. The Bertz CT molecular complexity index is 1210. The summed E-state index contributed by atoms with van der Waals surface area (Å²) in [6.45, 7) is 20.6. The minimum Gasteiger partial charge on any atom is -0.321 e. The molecule has 2 aromatic rings. The molecule has 5 nitrogen and oxygen atoms in total. The number of rotatable bonds is 4. The quantitative estimate of drug-likeness (QED) is 0.244. The van der Waals surface area contributed by atoms with Crippen LogP contribution in [0.1, 0.15) is 137 Å². The van der Waals surface area contributed by atoms with Crippen molar-refractivity contribution in [3.05, 3.63) is 63.2 Å². The smallest absolute Gasteiger partial charge is 0.265 e. The minimum atomic E-state index is -0.344. The maximum absolute atomic E-state index is 13.9. The maximum Gasteiger partial charge on any atom is 0.265 e. The number of amides is 2. The Balaban J connectivity index is 1.95. The molecule has 0 radical (unpaired) electrons. The van der Waals surface area contributed by atoms with E-state index in [2.05, 4.69) is 72.2 Å². The second-order valence-corrected chi connectivity index (χ2v) is 13.8. The molecule has 0 atom stereocenters. The van der Waals surface area contributed by atoms with E-state index < -0.39 is 0 Å². The molecule has 0 unspecified atom stereocenters. The fraction of sp³-hybridized carbons (Fsp3) is 0.562. The van der Waals surface area contributed by atoms with Crippen LogP contribution in [0.15, 0.2) is 24.3 Å². The van der Waals surface area contributed by atoms with E-state index in [1.165, 1.54) is 22.3 Å². The number of nitrogens with one attached hydrogen (secondary N) is 2. The van der Waals surface area contributed by atoms with Crippen LogP contribution < -0.4 is 16.6 Å². The lowest BCUT2D eigenvalue weighted by atomic mass is 9.56. The summed E-state index contributed by atoms with van der Waals surface area (Å²) in [5.74, 6) is 4.89. The van der Waals surface area contributed by atoms with E-state index in [0.717, 1.165) is 36.9 Å². The van der Waals surface area contributed by atoms with Crippen molar-refractivity contribution < 1.29 is 9.59 Å². The molecule has 0 heterocycles. The van der Waals surface area contributed by atoms with Crippen molar-refractivity contribution in [1.82, 2.24) is 5.43 Å². The Morgan fingerprint density at radius 2 is 1.24 bits per heavy atom. The van der Waals surface area contributed by atoms with Crippen molar-refractivity contribution in [2.24, 2.45) is 5.84 Å². The number of hydrogen-bond acceptors (Lipinski definition) is 3. The van der Waals surface area contributed by atoms with Gasteiger partial charge in [0.2, 0.25) is 0 Å². The Labute approximate surface area is 223 Å². The van der Waals surface area contributed by atoms with Crippen molar-refractivity contribution in [2.45, 2.75) is 116 Å². The van der Waals surface area contributed by atoms with Crippen molar-refractivity contribution >= 4 is 17.5 Å². The van der Waals surface area contributed by atoms with E-state index in [9.17, 15) is 9.59 Å². The Morgan fingerprint density at radius 3 is 1.70 bits per heavy atom. The molecule has 0 saturated carbocycles. The lowest BCUT2D eigenvalue weighted by Gasteiger charge is -2.49. The van der Waals surface area contributed by atoms with Crippen LogP contribution in [0.5, 0.6) is 0 Å². The number of carbonyl (C=O) groups is 2. The van der Waals surface area contributed by atoms with E-state index in [4.69, 9.17) is 5.84 Å².